The Morgan fingerprint density at radius 2 is 1.00 bits per heavy atom. The molecule has 0 atom stereocenters. The maximum absolute atomic E-state index is 5.87. The van der Waals surface area contributed by atoms with Crippen molar-refractivity contribution in [1.82, 2.24) is 0 Å². The highest BCUT2D eigenvalue weighted by Crippen LogP contribution is 2.08. The fraction of sp³-hybridized carbons (Fsp3) is 1.00. The van der Waals surface area contributed by atoms with E-state index in [-0.39, 0.29) is 0 Å². The summed E-state index contributed by atoms with van der Waals surface area (Å²) in [5, 5.41) is 0. The zero-order valence-corrected chi connectivity index (χ0v) is 6.88. The monoisotopic (exact) mass is 136 g/mol. The Morgan fingerprint density at radius 3 is 1.20 bits per heavy atom. The third-order valence-electron chi connectivity index (χ3n) is 2.24. The van der Waals surface area contributed by atoms with Crippen LogP contribution < -0.4 is 0 Å². The molecule has 4 radical (unpaired) electrons. The Labute approximate surface area is 65.8 Å². The standard InChI is InChI=1S/C6H14B2N2/c1-9(7)3-5-10(2,8)6-4-9/h3-6H2,1-2H3/q+2. The lowest BCUT2D eigenvalue weighted by molar-refractivity contribution is -0.912. The second-order valence-electron chi connectivity index (χ2n) is 3.85. The molecule has 1 heterocycles. The third-order valence-corrected chi connectivity index (χ3v) is 2.24. The quantitative estimate of drug-likeness (QED) is 0.377. The molecule has 0 spiro atoms. The summed E-state index contributed by atoms with van der Waals surface area (Å²) in [6.07, 6.45) is 0. The molecule has 0 aromatic carbocycles. The second-order valence-corrected chi connectivity index (χ2v) is 3.85. The minimum Gasteiger partial charge on any atom is -0.390 e. The van der Waals surface area contributed by atoms with Crippen LogP contribution >= 0.6 is 0 Å². The largest absolute Gasteiger partial charge is 0.481 e. The number of likely N-dealkylation sites (N-methyl/N-ethyl adjacent to an activating group) is 2. The predicted octanol–water partition coefficient (Wildman–Crippen LogP) is -0.940. The molecule has 0 saturated carbocycles. The van der Waals surface area contributed by atoms with Crippen molar-refractivity contribution in [2.45, 2.75) is 0 Å². The molecule has 0 aromatic rings. The summed E-state index contributed by atoms with van der Waals surface area (Å²) in [5.41, 5.74) is 0. The van der Waals surface area contributed by atoms with Gasteiger partial charge in [-0.25, -0.2) is 0 Å². The van der Waals surface area contributed by atoms with Gasteiger partial charge < -0.3 is 8.79 Å². The molecule has 0 bridgehead atoms. The SMILES string of the molecule is [B][N+]1(C)CC[N+]([B])(C)CC1. The smallest absolute Gasteiger partial charge is 0.390 e. The molecule has 0 unspecified atom stereocenters. The van der Waals surface area contributed by atoms with Crippen LogP contribution in [0.15, 0.2) is 0 Å². The van der Waals surface area contributed by atoms with E-state index in [9.17, 15) is 0 Å². The van der Waals surface area contributed by atoms with Crippen LogP contribution in [0.1, 0.15) is 0 Å². The van der Waals surface area contributed by atoms with Crippen molar-refractivity contribution in [2.24, 2.45) is 0 Å². The van der Waals surface area contributed by atoms with Crippen molar-refractivity contribution in [2.75, 3.05) is 40.3 Å². The highest BCUT2D eigenvalue weighted by molar-refractivity contribution is 5.98. The van der Waals surface area contributed by atoms with Crippen LogP contribution in [0.3, 0.4) is 0 Å². The Kier molecular flexibility index (Phi) is 1.86. The topological polar surface area (TPSA) is 0 Å². The van der Waals surface area contributed by atoms with Gasteiger partial charge in [-0.1, -0.05) is 0 Å². The fourth-order valence-electron chi connectivity index (χ4n) is 1.14. The summed E-state index contributed by atoms with van der Waals surface area (Å²) in [5.74, 6) is 0. The summed E-state index contributed by atoms with van der Waals surface area (Å²) in [4.78, 5) is 0. The van der Waals surface area contributed by atoms with Crippen molar-refractivity contribution in [3.05, 3.63) is 0 Å². The third kappa shape index (κ3) is 2.03. The molecular weight excluding hydrogens is 122 g/mol. The van der Waals surface area contributed by atoms with Crippen LogP contribution in [0.4, 0.5) is 0 Å². The van der Waals surface area contributed by atoms with E-state index in [1.54, 1.807) is 0 Å². The average Bonchev–Trinajstić information content (AvgIpc) is 1.79. The lowest BCUT2D eigenvalue weighted by atomic mass is 10.1. The van der Waals surface area contributed by atoms with E-state index in [4.69, 9.17) is 16.0 Å². The maximum Gasteiger partial charge on any atom is 0.481 e. The molecule has 1 aliphatic rings. The van der Waals surface area contributed by atoms with Crippen LogP contribution in [-0.4, -0.2) is 65.0 Å². The van der Waals surface area contributed by atoms with E-state index in [1.165, 1.54) is 0 Å². The van der Waals surface area contributed by atoms with Gasteiger partial charge in [0, 0.05) is 14.1 Å². The van der Waals surface area contributed by atoms with Crippen LogP contribution in [0.25, 0.3) is 0 Å². The van der Waals surface area contributed by atoms with Gasteiger partial charge in [-0.3, -0.25) is 0 Å². The first-order valence-corrected chi connectivity index (χ1v) is 3.68. The Hall–Kier alpha value is 0.0499. The van der Waals surface area contributed by atoms with Crippen LogP contribution in [-0.2, 0) is 0 Å². The molecule has 0 aromatic heterocycles. The summed E-state index contributed by atoms with van der Waals surface area (Å²) in [7, 11) is 15.8. The number of hydrogen-bond donors (Lipinski definition) is 0. The zero-order chi connectivity index (χ0) is 7.83. The molecule has 1 rings (SSSR count). The Balaban J connectivity index is 2.46. The number of piperazine rings is 1. The summed E-state index contributed by atoms with van der Waals surface area (Å²) < 4.78 is 1.26. The highest BCUT2D eigenvalue weighted by Gasteiger charge is 2.30. The zero-order valence-electron chi connectivity index (χ0n) is 6.88. The molecule has 10 heavy (non-hydrogen) atoms. The molecule has 1 fully saturated rings. The van der Waals surface area contributed by atoms with Crippen molar-refractivity contribution in [1.29, 1.82) is 0 Å². The molecule has 0 N–H and O–H groups in total. The molecular formula is C6H14B2N2+2. The van der Waals surface area contributed by atoms with E-state index >= 15 is 0 Å². The minimum absolute atomic E-state index is 0.630. The van der Waals surface area contributed by atoms with Gasteiger partial charge in [0.1, 0.15) is 26.2 Å². The first-order chi connectivity index (χ1) is 4.41. The van der Waals surface area contributed by atoms with Gasteiger partial charge >= 0.3 is 16.0 Å². The normalized spacial score (nSPS) is 49.0. The van der Waals surface area contributed by atoms with Gasteiger partial charge in [0.05, 0.1) is 0 Å². The Bertz CT molecular complexity index is 106. The summed E-state index contributed by atoms with van der Waals surface area (Å²) in [6.45, 7) is 3.92. The first kappa shape index (κ1) is 8.15. The predicted molar refractivity (Wildman–Crippen MR) is 43.3 cm³/mol. The number of hydrogen-bond acceptors (Lipinski definition) is 0. The Morgan fingerprint density at radius 1 is 0.800 bits per heavy atom. The van der Waals surface area contributed by atoms with Crippen molar-refractivity contribution in [3.8, 4) is 0 Å². The van der Waals surface area contributed by atoms with Gasteiger partial charge in [-0.05, 0) is 0 Å². The van der Waals surface area contributed by atoms with E-state index in [2.05, 4.69) is 0 Å². The van der Waals surface area contributed by atoms with Crippen LogP contribution in [0.5, 0.6) is 0 Å². The number of quaternary nitrogens is 2. The summed E-state index contributed by atoms with van der Waals surface area (Å²) >= 11 is 0. The van der Waals surface area contributed by atoms with E-state index in [0.717, 1.165) is 26.2 Å². The van der Waals surface area contributed by atoms with E-state index in [0.29, 0.717) is 8.79 Å². The highest BCUT2D eigenvalue weighted by atomic mass is 15.4. The lowest BCUT2D eigenvalue weighted by Crippen LogP contribution is -2.62. The average molecular weight is 136 g/mol. The molecule has 52 valence electrons. The minimum atomic E-state index is 0.630. The van der Waals surface area contributed by atoms with Gasteiger partial charge in [-0.15, -0.1) is 0 Å². The van der Waals surface area contributed by atoms with Gasteiger partial charge in [-0.2, -0.15) is 0 Å². The van der Waals surface area contributed by atoms with Crippen LogP contribution in [0.2, 0.25) is 0 Å². The molecule has 2 nitrogen and oxygen atoms in total. The molecule has 0 aliphatic carbocycles. The van der Waals surface area contributed by atoms with Crippen molar-refractivity contribution in [3.63, 3.8) is 0 Å². The van der Waals surface area contributed by atoms with Crippen molar-refractivity contribution >= 4 is 16.0 Å². The van der Waals surface area contributed by atoms with Gasteiger partial charge in [0.2, 0.25) is 0 Å². The van der Waals surface area contributed by atoms with Gasteiger partial charge in [0.15, 0.2) is 0 Å². The van der Waals surface area contributed by atoms with Gasteiger partial charge in [0.25, 0.3) is 0 Å². The van der Waals surface area contributed by atoms with E-state index in [1.807, 2.05) is 14.1 Å². The number of rotatable bonds is 0. The summed E-state index contributed by atoms with van der Waals surface area (Å²) in [6, 6.07) is 0. The maximum atomic E-state index is 5.87. The molecule has 4 heteroatoms. The lowest BCUT2D eigenvalue weighted by Gasteiger charge is -2.43. The second kappa shape index (κ2) is 2.28. The molecule has 1 saturated heterocycles. The number of nitrogens with zero attached hydrogens (tertiary/aromatic N) is 2. The first-order valence-electron chi connectivity index (χ1n) is 3.68. The van der Waals surface area contributed by atoms with Crippen molar-refractivity contribution < 1.29 is 8.79 Å². The van der Waals surface area contributed by atoms with Crippen LogP contribution in [0, 0.1) is 0 Å². The fourth-order valence-corrected chi connectivity index (χ4v) is 1.14. The van der Waals surface area contributed by atoms with E-state index < -0.39 is 0 Å². The molecule has 1 aliphatic heterocycles. The molecule has 0 amide bonds.